The van der Waals surface area contributed by atoms with Gasteiger partial charge in [0.2, 0.25) is 5.78 Å². The van der Waals surface area contributed by atoms with Crippen molar-refractivity contribution in [1.82, 2.24) is 19.7 Å². The van der Waals surface area contributed by atoms with E-state index in [0.29, 0.717) is 43.3 Å². The molecule has 1 aliphatic carbocycles. The van der Waals surface area contributed by atoms with E-state index >= 15 is 0 Å². The Morgan fingerprint density at radius 2 is 1.89 bits per heavy atom. The number of nitrogens with zero attached hydrogens (tertiary/aromatic N) is 5. The number of pyridine rings is 1. The van der Waals surface area contributed by atoms with E-state index in [1.807, 2.05) is 23.0 Å². The normalized spacial score (nSPS) is 16.7. The molecule has 0 atom stereocenters. The van der Waals surface area contributed by atoms with Crippen LogP contribution in [0.25, 0.3) is 11.3 Å². The van der Waals surface area contributed by atoms with Gasteiger partial charge in [-0.1, -0.05) is 0 Å². The molecule has 3 heterocycles. The van der Waals surface area contributed by atoms with Gasteiger partial charge in [0.05, 0.1) is 40.0 Å². The zero-order valence-electron chi connectivity index (χ0n) is 19.4. The molecule has 1 saturated carbocycles. The largest absolute Gasteiger partial charge is 0.381 e. The lowest BCUT2D eigenvalue weighted by atomic mass is 9.92. The maximum absolute atomic E-state index is 13.4. The molecule has 0 unspecified atom stereocenters. The van der Waals surface area contributed by atoms with Gasteiger partial charge in [0.25, 0.3) is 0 Å². The Bertz CT molecular complexity index is 1310. The molecule has 2 aromatic heterocycles. The smallest absolute Gasteiger partial charge is 0.321 e. The Labute approximate surface area is 215 Å². The number of ketones is 1. The number of carbonyl (C=O) groups is 2. The molecule has 1 aliphatic heterocycles. The molecule has 3 aromatic rings. The lowest BCUT2D eigenvalue weighted by Crippen LogP contribution is -2.44. The lowest BCUT2D eigenvalue weighted by Gasteiger charge is -2.31. The highest BCUT2D eigenvalue weighted by atomic mass is 79.9. The number of amidine groups is 1. The lowest BCUT2D eigenvalue weighted by molar-refractivity contribution is -0.117. The summed E-state index contributed by atoms with van der Waals surface area (Å²) in [6, 6.07) is 8.11. The van der Waals surface area contributed by atoms with Crippen molar-refractivity contribution in [2.24, 2.45) is 16.6 Å². The van der Waals surface area contributed by atoms with Crippen LogP contribution in [0.15, 0.2) is 58.4 Å². The van der Waals surface area contributed by atoms with Crippen molar-refractivity contribution in [3.8, 4) is 11.3 Å². The number of amides is 2. The van der Waals surface area contributed by atoms with Crippen LogP contribution in [0.5, 0.6) is 0 Å². The van der Waals surface area contributed by atoms with Crippen LogP contribution in [0.1, 0.15) is 31.7 Å². The van der Waals surface area contributed by atoms with Crippen LogP contribution in [0.3, 0.4) is 0 Å². The standard InChI is InChI=1S/C25H25BrFN7O2/c26-20-11-17(1-5-21(20)27)31-24(28)23(35)15-7-9-33(10-8-15)25(36)32-18-2-6-22(29-13-18)16-12-30-34(14-16)19-3-4-19/h1-2,5-6,11-15,19H,3-4,7-10H2,(H2,28,31)(H,32,36). The van der Waals surface area contributed by atoms with Gasteiger partial charge in [-0.15, -0.1) is 0 Å². The molecule has 5 rings (SSSR count). The van der Waals surface area contributed by atoms with Gasteiger partial charge >= 0.3 is 6.03 Å². The van der Waals surface area contributed by atoms with Crippen molar-refractivity contribution in [3.05, 3.63) is 59.2 Å². The van der Waals surface area contributed by atoms with E-state index in [-0.39, 0.29) is 28.0 Å². The van der Waals surface area contributed by atoms with Gasteiger partial charge < -0.3 is 16.0 Å². The fraction of sp³-hybridized carbons (Fsp3) is 0.320. The zero-order chi connectivity index (χ0) is 25.2. The van der Waals surface area contributed by atoms with Crippen LogP contribution in [0, 0.1) is 11.7 Å². The topological polar surface area (TPSA) is 118 Å². The molecule has 0 spiro atoms. The molecule has 0 radical (unpaired) electrons. The number of aliphatic imine (C=N–C) groups is 1. The number of carbonyl (C=O) groups excluding carboxylic acids is 2. The second-order valence-electron chi connectivity index (χ2n) is 9.02. The highest BCUT2D eigenvalue weighted by Crippen LogP contribution is 2.35. The van der Waals surface area contributed by atoms with Gasteiger partial charge in [0.1, 0.15) is 5.82 Å². The van der Waals surface area contributed by atoms with Gasteiger partial charge in [-0.3, -0.25) is 14.5 Å². The summed E-state index contributed by atoms with van der Waals surface area (Å²) in [5, 5.41) is 7.26. The van der Waals surface area contributed by atoms with Gasteiger partial charge in [-0.25, -0.2) is 14.2 Å². The Hall–Kier alpha value is -3.60. The van der Waals surface area contributed by atoms with Crippen molar-refractivity contribution in [3.63, 3.8) is 0 Å². The quantitative estimate of drug-likeness (QED) is 0.339. The van der Waals surface area contributed by atoms with E-state index in [1.165, 1.54) is 31.0 Å². The summed E-state index contributed by atoms with van der Waals surface area (Å²) < 4.78 is 15.6. The SMILES string of the molecule is NC(=Nc1ccc(F)c(Br)c1)C(=O)C1CCN(C(=O)Nc2ccc(-c3cnn(C4CC4)c3)nc2)CC1. The number of likely N-dealkylation sites (tertiary alicyclic amines) is 1. The van der Waals surface area contributed by atoms with E-state index in [1.54, 1.807) is 17.3 Å². The molecular weight excluding hydrogens is 529 g/mol. The number of hydrogen-bond acceptors (Lipinski definition) is 5. The number of urea groups is 1. The maximum atomic E-state index is 13.4. The minimum absolute atomic E-state index is 0.120. The minimum Gasteiger partial charge on any atom is -0.381 e. The highest BCUT2D eigenvalue weighted by Gasteiger charge is 2.29. The summed E-state index contributed by atoms with van der Waals surface area (Å²) >= 11 is 3.09. The van der Waals surface area contributed by atoms with Gasteiger partial charge in [0.15, 0.2) is 5.84 Å². The van der Waals surface area contributed by atoms with E-state index in [0.717, 1.165) is 11.3 Å². The molecule has 36 heavy (non-hydrogen) atoms. The van der Waals surface area contributed by atoms with Crippen LogP contribution in [0.4, 0.5) is 20.6 Å². The molecule has 9 nitrogen and oxygen atoms in total. The summed E-state index contributed by atoms with van der Waals surface area (Å²) in [6.07, 6.45) is 8.73. The molecule has 0 bridgehead atoms. The number of anilines is 1. The molecule has 1 aromatic carbocycles. The summed E-state index contributed by atoms with van der Waals surface area (Å²) in [5.41, 5.74) is 8.65. The van der Waals surface area contributed by atoms with Crippen LogP contribution in [0.2, 0.25) is 0 Å². The Morgan fingerprint density at radius 3 is 2.56 bits per heavy atom. The number of aromatic nitrogens is 3. The predicted molar refractivity (Wildman–Crippen MR) is 137 cm³/mol. The van der Waals surface area contributed by atoms with Gasteiger partial charge in [0, 0.05) is 30.8 Å². The molecule has 1 saturated heterocycles. The second-order valence-corrected chi connectivity index (χ2v) is 9.88. The molecule has 2 amide bonds. The van der Waals surface area contributed by atoms with Crippen LogP contribution >= 0.6 is 15.9 Å². The number of hydrogen-bond donors (Lipinski definition) is 2. The third-order valence-corrected chi connectivity index (χ3v) is 7.00. The molecule has 11 heteroatoms. The first-order valence-electron chi connectivity index (χ1n) is 11.8. The zero-order valence-corrected chi connectivity index (χ0v) is 21.0. The van der Waals surface area contributed by atoms with E-state index < -0.39 is 5.82 Å². The first-order valence-corrected chi connectivity index (χ1v) is 12.6. The van der Waals surface area contributed by atoms with Gasteiger partial charge in [-0.2, -0.15) is 5.10 Å². The Balaban J connectivity index is 1.13. The second kappa shape index (κ2) is 10.2. The summed E-state index contributed by atoms with van der Waals surface area (Å²) in [4.78, 5) is 35.7. The minimum atomic E-state index is -0.419. The first-order chi connectivity index (χ1) is 17.4. The van der Waals surface area contributed by atoms with E-state index in [4.69, 9.17) is 5.73 Å². The number of benzene rings is 1. The fourth-order valence-corrected chi connectivity index (χ4v) is 4.52. The van der Waals surface area contributed by atoms with Crippen molar-refractivity contribution < 1.29 is 14.0 Å². The fourth-order valence-electron chi connectivity index (χ4n) is 4.15. The molecule has 2 fully saturated rings. The molecular formula is C25H25BrFN7O2. The molecule has 3 N–H and O–H groups in total. The van der Waals surface area contributed by atoms with E-state index in [2.05, 4.69) is 36.3 Å². The van der Waals surface area contributed by atoms with Crippen molar-refractivity contribution >= 4 is 45.0 Å². The van der Waals surface area contributed by atoms with Crippen molar-refractivity contribution in [2.45, 2.75) is 31.7 Å². The average Bonchev–Trinajstić information content (AvgIpc) is 3.62. The van der Waals surface area contributed by atoms with Crippen molar-refractivity contribution in [1.29, 1.82) is 0 Å². The Kier molecular flexibility index (Phi) is 6.82. The Morgan fingerprint density at radius 1 is 1.11 bits per heavy atom. The number of piperidine rings is 1. The number of nitrogens with one attached hydrogen (secondary N) is 1. The van der Waals surface area contributed by atoms with E-state index in [9.17, 15) is 14.0 Å². The van der Waals surface area contributed by atoms with Crippen LogP contribution in [-0.4, -0.2) is 50.4 Å². The predicted octanol–water partition coefficient (Wildman–Crippen LogP) is 4.68. The summed E-state index contributed by atoms with van der Waals surface area (Å²) in [6.45, 7) is 0.840. The third-order valence-electron chi connectivity index (χ3n) is 6.39. The van der Waals surface area contributed by atoms with Crippen LogP contribution in [-0.2, 0) is 4.79 Å². The third kappa shape index (κ3) is 5.46. The summed E-state index contributed by atoms with van der Waals surface area (Å²) in [5.74, 6) is -1.12. The first kappa shape index (κ1) is 24.1. The average molecular weight is 554 g/mol. The number of nitrogens with two attached hydrogens (primary N) is 1. The molecule has 186 valence electrons. The van der Waals surface area contributed by atoms with Gasteiger partial charge in [-0.05, 0) is 71.9 Å². The summed E-state index contributed by atoms with van der Waals surface area (Å²) in [7, 11) is 0. The number of rotatable bonds is 6. The molecule has 2 aliphatic rings. The number of halogens is 2. The van der Waals surface area contributed by atoms with Crippen molar-refractivity contribution in [2.75, 3.05) is 18.4 Å². The monoisotopic (exact) mass is 553 g/mol. The maximum Gasteiger partial charge on any atom is 0.321 e. The number of Topliss-reactive ketones (excluding diaryl/α,β-unsaturated/α-hetero) is 1. The van der Waals surface area contributed by atoms with Crippen LogP contribution < -0.4 is 11.1 Å². The highest BCUT2D eigenvalue weighted by molar-refractivity contribution is 9.10.